The number of aromatic nitrogens is 1. The number of ether oxygens (including phenoxy) is 1. The van der Waals surface area contributed by atoms with Gasteiger partial charge in [-0.15, -0.1) is 11.3 Å². The quantitative estimate of drug-likeness (QED) is 0.822. The molecule has 2 rings (SSSR count). The molecule has 2 N–H and O–H groups in total. The van der Waals surface area contributed by atoms with Crippen LogP contribution < -0.4 is 5.32 Å². The summed E-state index contributed by atoms with van der Waals surface area (Å²) in [5, 5.41) is 14.0. The molecule has 0 unspecified atom stereocenters. The number of benzene rings is 1. The number of hydrogen-bond donors (Lipinski definition) is 2. The van der Waals surface area contributed by atoms with Crippen molar-refractivity contribution in [3.05, 3.63) is 40.9 Å². The summed E-state index contributed by atoms with van der Waals surface area (Å²) in [6, 6.07) is 6.80. The maximum Gasteiger partial charge on any atom is 0.337 e. The molecule has 0 spiro atoms. The number of carbonyl (C=O) groups excluding carboxylic acids is 1. The van der Waals surface area contributed by atoms with Crippen molar-refractivity contribution in [1.82, 2.24) is 4.98 Å². The summed E-state index contributed by atoms with van der Waals surface area (Å²) in [6.45, 7) is 0. The standard InChI is InChI=1S/C13H12N2O4S/c1-19-12(18)8-3-2-4-9(5-8)14-13-15-10(7-20-13)6-11(16)17/h2-5,7H,6H2,1H3,(H,14,15)(H,16,17). The summed E-state index contributed by atoms with van der Waals surface area (Å²) < 4.78 is 4.64. The van der Waals surface area contributed by atoms with Gasteiger partial charge in [-0.25, -0.2) is 9.78 Å². The zero-order valence-electron chi connectivity index (χ0n) is 10.6. The number of thiazole rings is 1. The zero-order valence-corrected chi connectivity index (χ0v) is 11.4. The van der Waals surface area contributed by atoms with E-state index in [0.717, 1.165) is 0 Å². The molecule has 0 amide bonds. The van der Waals surface area contributed by atoms with Gasteiger partial charge in [0.15, 0.2) is 5.13 Å². The highest BCUT2D eigenvalue weighted by Crippen LogP contribution is 2.22. The molecular formula is C13H12N2O4S. The molecule has 1 aromatic heterocycles. The Hall–Kier alpha value is -2.41. The molecule has 1 heterocycles. The maximum absolute atomic E-state index is 11.4. The van der Waals surface area contributed by atoms with E-state index in [-0.39, 0.29) is 6.42 Å². The van der Waals surface area contributed by atoms with E-state index >= 15 is 0 Å². The lowest BCUT2D eigenvalue weighted by Crippen LogP contribution is -2.02. The topological polar surface area (TPSA) is 88.5 Å². The van der Waals surface area contributed by atoms with Crippen molar-refractivity contribution in [2.24, 2.45) is 0 Å². The average Bonchev–Trinajstić information content (AvgIpc) is 2.84. The smallest absolute Gasteiger partial charge is 0.337 e. The van der Waals surface area contributed by atoms with Crippen LogP contribution in [0.4, 0.5) is 10.8 Å². The van der Waals surface area contributed by atoms with Gasteiger partial charge in [0.05, 0.1) is 24.8 Å². The Balaban J connectivity index is 2.11. The second kappa shape index (κ2) is 6.16. The Bertz CT molecular complexity index is 639. The molecular weight excluding hydrogens is 280 g/mol. The van der Waals surface area contributed by atoms with Crippen LogP contribution in [0.1, 0.15) is 16.1 Å². The van der Waals surface area contributed by atoms with E-state index in [1.165, 1.54) is 18.4 Å². The van der Waals surface area contributed by atoms with Crippen molar-refractivity contribution in [2.45, 2.75) is 6.42 Å². The highest BCUT2D eigenvalue weighted by Gasteiger charge is 2.08. The number of aliphatic carboxylic acids is 1. The van der Waals surface area contributed by atoms with Crippen LogP contribution in [0, 0.1) is 0 Å². The van der Waals surface area contributed by atoms with Crippen LogP contribution in [0.2, 0.25) is 0 Å². The highest BCUT2D eigenvalue weighted by atomic mass is 32.1. The number of nitrogens with zero attached hydrogens (tertiary/aromatic N) is 1. The number of carbonyl (C=O) groups is 2. The molecule has 6 nitrogen and oxygen atoms in total. The summed E-state index contributed by atoms with van der Waals surface area (Å²) in [6.07, 6.45) is -0.111. The van der Waals surface area contributed by atoms with Crippen molar-refractivity contribution in [2.75, 3.05) is 12.4 Å². The van der Waals surface area contributed by atoms with Crippen molar-refractivity contribution in [1.29, 1.82) is 0 Å². The van der Waals surface area contributed by atoms with Crippen LogP contribution in [0.3, 0.4) is 0 Å². The van der Waals surface area contributed by atoms with Crippen molar-refractivity contribution >= 4 is 34.1 Å². The van der Waals surface area contributed by atoms with Crippen LogP contribution in [-0.4, -0.2) is 29.1 Å². The normalized spacial score (nSPS) is 10.1. The summed E-state index contributed by atoms with van der Waals surface area (Å²) in [5.41, 5.74) is 1.61. The number of carboxylic acids is 1. The lowest BCUT2D eigenvalue weighted by Gasteiger charge is -2.04. The van der Waals surface area contributed by atoms with Gasteiger partial charge in [0.25, 0.3) is 0 Å². The third-order valence-electron chi connectivity index (χ3n) is 2.42. The third-order valence-corrected chi connectivity index (χ3v) is 3.23. The fraction of sp³-hybridized carbons (Fsp3) is 0.154. The molecule has 2 aromatic rings. The Morgan fingerprint density at radius 2 is 2.25 bits per heavy atom. The van der Waals surface area contributed by atoms with E-state index in [2.05, 4.69) is 15.0 Å². The van der Waals surface area contributed by atoms with Crippen LogP contribution >= 0.6 is 11.3 Å². The van der Waals surface area contributed by atoms with Crippen LogP contribution in [0.25, 0.3) is 0 Å². The first-order valence-electron chi connectivity index (χ1n) is 5.70. The second-order valence-corrected chi connectivity index (χ2v) is 4.77. The minimum absolute atomic E-state index is 0.111. The van der Waals surface area contributed by atoms with E-state index in [1.54, 1.807) is 29.6 Å². The highest BCUT2D eigenvalue weighted by molar-refractivity contribution is 7.13. The Morgan fingerprint density at radius 1 is 1.45 bits per heavy atom. The molecule has 0 aliphatic heterocycles. The Labute approximate surface area is 119 Å². The van der Waals surface area contributed by atoms with E-state index in [0.29, 0.717) is 22.1 Å². The van der Waals surface area contributed by atoms with Gasteiger partial charge in [0.2, 0.25) is 0 Å². The first-order valence-corrected chi connectivity index (χ1v) is 6.58. The number of carboxylic acid groups (broad SMARTS) is 1. The molecule has 1 aromatic carbocycles. The SMILES string of the molecule is COC(=O)c1cccc(Nc2nc(CC(=O)O)cs2)c1. The number of rotatable bonds is 5. The molecule has 0 atom stereocenters. The molecule has 0 aliphatic carbocycles. The van der Waals surface area contributed by atoms with Gasteiger partial charge in [-0.3, -0.25) is 4.79 Å². The first-order chi connectivity index (χ1) is 9.58. The van der Waals surface area contributed by atoms with E-state index in [9.17, 15) is 9.59 Å². The predicted octanol–water partition coefficient (Wildman–Crippen LogP) is 2.30. The number of hydrogen-bond acceptors (Lipinski definition) is 6. The zero-order chi connectivity index (χ0) is 14.5. The molecule has 0 bridgehead atoms. The van der Waals surface area contributed by atoms with Gasteiger partial charge < -0.3 is 15.2 Å². The molecule has 0 fully saturated rings. The molecule has 20 heavy (non-hydrogen) atoms. The number of nitrogens with one attached hydrogen (secondary N) is 1. The minimum atomic E-state index is -0.922. The van der Waals surface area contributed by atoms with Gasteiger partial charge in [0, 0.05) is 11.1 Å². The number of esters is 1. The predicted molar refractivity (Wildman–Crippen MR) is 74.5 cm³/mol. The lowest BCUT2D eigenvalue weighted by atomic mass is 10.2. The first kappa shape index (κ1) is 14.0. The monoisotopic (exact) mass is 292 g/mol. The largest absolute Gasteiger partial charge is 0.481 e. The second-order valence-electron chi connectivity index (χ2n) is 3.91. The molecule has 0 aliphatic rings. The minimum Gasteiger partial charge on any atom is -0.481 e. The van der Waals surface area contributed by atoms with E-state index in [4.69, 9.17) is 5.11 Å². The van der Waals surface area contributed by atoms with Gasteiger partial charge in [-0.05, 0) is 18.2 Å². The Kier molecular flexibility index (Phi) is 4.31. The third kappa shape index (κ3) is 3.55. The number of anilines is 2. The van der Waals surface area contributed by atoms with Crippen molar-refractivity contribution in [3.63, 3.8) is 0 Å². The summed E-state index contributed by atoms with van der Waals surface area (Å²) in [7, 11) is 1.32. The average molecular weight is 292 g/mol. The molecule has 0 saturated heterocycles. The summed E-state index contributed by atoms with van der Waals surface area (Å²) in [4.78, 5) is 26.1. The van der Waals surface area contributed by atoms with Crippen molar-refractivity contribution in [3.8, 4) is 0 Å². The fourth-order valence-electron chi connectivity index (χ4n) is 1.57. The Morgan fingerprint density at radius 3 is 2.95 bits per heavy atom. The van der Waals surface area contributed by atoms with E-state index in [1.807, 2.05) is 0 Å². The molecule has 7 heteroatoms. The van der Waals surface area contributed by atoms with Crippen LogP contribution in [0.5, 0.6) is 0 Å². The van der Waals surface area contributed by atoms with Gasteiger partial charge >= 0.3 is 11.9 Å². The maximum atomic E-state index is 11.4. The van der Waals surface area contributed by atoms with Crippen LogP contribution in [0.15, 0.2) is 29.6 Å². The van der Waals surface area contributed by atoms with E-state index < -0.39 is 11.9 Å². The van der Waals surface area contributed by atoms with Crippen molar-refractivity contribution < 1.29 is 19.4 Å². The molecule has 104 valence electrons. The molecule has 0 radical (unpaired) electrons. The summed E-state index contributed by atoms with van der Waals surface area (Å²) >= 11 is 1.30. The van der Waals surface area contributed by atoms with Gasteiger partial charge in [0.1, 0.15) is 0 Å². The van der Waals surface area contributed by atoms with Gasteiger partial charge in [-0.1, -0.05) is 6.07 Å². The lowest BCUT2D eigenvalue weighted by molar-refractivity contribution is -0.136. The van der Waals surface area contributed by atoms with Crippen LogP contribution in [-0.2, 0) is 16.0 Å². The summed E-state index contributed by atoms with van der Waals surface area (Å²) in [5.74, 6) is -1.34. The fourth-order valence-corrected chi connectivity index (χ4v) is 2.30. The number of methoxy groups -OCH3 is 1. The molecule has 0 saturated carbocycles. The van der Waals surface area contributed by atoms with Gasteiger partial charge in [-0.2, -0.15) is 0 Å².